The molecule has 116 valence electrons. The summed E-state index contributed by atoms with van der Waals surface area (Å²) < 4.78 is 19.6. The Morgan fingerprint density at radius 2 is 1.87 bits per heavy atom. The average Bonchev–Trinajstić information content (AvgIpc) is 3.00. The van der Waals surface area contributed by atoms with Gasteiger partial charge in [0, 0.05) is 5.56 Å². The molecule has 1 aromatic heterocycles. The SMILES string of the molecule is COC(=O)c1cc(-c2ccc(F)cc2)n(-c2cccc(C)c2)n1. The van der Waals surface area contributed by atoms with Gasteiger partial charge in [-0.25, -0.2) is 13.9 Å². The maximum absolute atomic E-state index is 13.2. The summed E-state index contributed by atoms with van der Waals surface area (Å²) in [6, 6.07) is 15.4. The molecule has 0 fully saturated rings. The molecule has 0 aliphatic rings. The van der Waals surface area contributed by atoms with Crippen LogP contribution in [0.15, 0.2) is 54.6 Å². The standard InChI is InChI=1S/C18H15FN2O2/c1-12-4-3-5-15(10-12)21-17(11-16(20-21)18(22)23-2)13-6-8-14(19)9-7-13/h3-11H,1-2H3. The van der Waals surface area contributed by atoms with E-state index in [0.717, 1.165) is 16.8 Å². The number of methoxy groups -OCH3 is 1. The van der Waals surface area contributed by atoms with Gasteiger partial charge in [0.2, 0.25) is 0 Å². The van der Waals surface area contributed by atoms with Gasteiger partial charge in [0.25, 0.3) is 0 Å². The summed E-state index contributed by atoms with van der Waals surface area (Å²) in [4.78, 5) is 11.8. The molecule has 3 rings (SSSR count). The number of carbonyl (C=O) groups is 1. The zero-order valence-electron chi connectivity index (χ0n) is 12.8. The van der Waals surface area contributed by atoms with Crippen LogP contribution >= 0.6 is 0 Å². The second-order valence-electron chi connectivity index (χ2n) is 5.16. The van der Waals surface area contributed by atoms with Crippen molar-refractivity contribution in [1.82, 2.24) is 9.78 Å². The highest BCUT2D eigenvalue weighted by molar-refractivity contribution is 5.89. The molecule has 1 heterocycles. The maximum Gasteiger partial charge on any atom is 0.358 e. The lowest BCUT2D eigenvalue weighted by atomic mass is 10.1. The first kappa shape index (κ1) is 15.0. The van der Waals surface area contributed by atoms with Crippen LogP contribution in [0.5, 0.6) is 0 Å². The topological polar surface area (TPSA) is 44.1 Å². The lowest BCUT2D eigenvalue weighted by molar-refractivity contribution is 0.0593. The fraction of sp³-hybridized carbons (Fsp3) is 0.111. The van der Waals surface area contributed by atoms with Crippen molar-refractivity contribution < 1.29 is 13.9 Å². The van der Waals surface area contributed by atoms with Gasteiger partial charge < -0.3 is 4.74 Å². The number of benzene rings is 2. The zero-order chi connectivity index (χ0) is 16.4. The van der Waals surface area contributed by atoms with Crippen molar-refractivity contribution in [2.75, 3.05) is 7.11 Å². The average molecular weight is 310 g/mol. The first-order valence-corrected chi connectivity index (χ1v) is 7.10. The number of nitrogens with zero attached hydrogens (tertiary/aromatic N) is 2. The Morgan fingerprint density at radius 3 is 2.52 bits per heavy atom. The summed E-state index contributed by atoms with van der Waals surface area (Å²) in [7, 11) is 1.31. The Hall–Kier alpha value is -2.95. The third-order valence-corrected chi connectivity index (χ3v) is 3.49. The number of aryl methyl sites for hydroxylation is 1. The Balaban J connectivity index is 2.18. The molecule has 0 amide bonds. The number of halogens is 1. The predicted molar refractivity (Wildman–Crippen MR) is 85.0 cm³/mol. The molecule has 4 nitrogen and oxygen atoms in total. The van der Waals surface area contributed by atoms with E-state index in [1.165, 1.54) is 19.2 Å². The third-order valence-electron chi connectivity index (χ3n) is 3.49. The molecule has 0 N–H and O–H groups in total. The fourth-order valence-corrected chi connectivity index (χ4v) is 2.37. The van der Waals surface area contributed by atoms with Gasteiger partial charge in [-0.2, -0.15) is 5.10 Å². The van der Waals surface area contributed by atoms with E-state index in [-0.39, 0.29) is 11.5 Å². The van der Waals surface area contributed by atoms with E-state index in [9.17, 15) is 9.18 Å². The number of hydrogen-bond acceptors (Lipinski definition) is 3. The second kappa shape index (κ2) is 6.04. The largest absolute Gasteiger partial charge is 0.464 e. The Kier molecular flexibility index (Phi) is 3.93. The van der Waals surface area contributed by atoms with E-state index < -0.39 is 5.97 Å². The summed E-state index contributed by atoms with van der Waals surface area (Å²) in [5, 5.41) is 4.34. The van der Waals surface area contributed by atoms with E-state index in [4.69, 9.17) is 4.74 Å². The normalized spacial score (nSPS) is 10.6. The van der Waals surface area contributed by atoms with Crippen molar-refractivity contribution in [3.05, 3.63) is 71.7 Å². The summed E-state index contributed by atoms with van der Waals surface area (Å²) in [5.41, 5.74) is 3.54. The van der Waals surface area contributed by atoms with Crippen molar-refractivity contribution in [2.45, 2.75) is 6.92 Å². The summed E-state index contributed by atoms with van der Waals surface area (Å²) in [5.74, 6) is -0.830. The van der Waals surface area contributed by atoms with Gasteiger partial charge in [-0.15, -0.1) is 0 Å². The van der Waals surface area contributed by atoms with Gasteiger partial charge in [-0.05, 0) is 55.0 Å². The number of hydrogen-bond donors (Lipinski definition) is 0. The smallest absolute Gasteiger partial charge is 0.358 e. The van der Waals surface area contributed by atoms with Gasteiger partial charge in [-0.1, -0.05) is 12.1 Å². The molecule has 3 aromatic rings. The molecule has 0 unspecified atom stereocenters. The van der Waals surface area contributed by atoms with Crippen LogP contribution < -0.4 is 0 Å². The lowest BCUT2D eigenvalue weighted by Gasteiger charge is -2.08. The molecule has 0 bridgehead atoms. The molecule has 0 saturated carbocycles. The molecule has 0 spiro atoms. The molecule has 0 radical (unpaired) electrons. The van der Waals surface area contributed by atoms with Gasteiger partial charge in [0.15, 0.2) is 5.69 Å². The van der Waals surface area contributed by atoms with E-state index >= 15 is 0 Å². The molecule has 0 saturated heterocycles. The van der Waals surface area contributed by atoms with Crippen LogP contribution in [-0.4, -0.2) is 22.9 Å². The minimum atomic E-state index is -0.514. The highest BCUT2D eigenvalue weighted by Gasteiger charge is 2.17. The Morgan fingerprint density at radius 1 is 1.13 bits per heavy atom. The van der Waals surface area contributed by atoms with Crippen molar-refractivity contribution in [3.63, 3.8) is 0 Å². The van der Waals surface area contributed by atoms with Crippen molar-refractivity contribution >= 4 is 5.97 Å². The minimum absolute atomic E-state index is 0.202. The third kappa shape index (κ3) is 2.99. The summed E-state index contributed by atoms with van der Waals surface area (Å²) >= 11 is 0. The Bertz CT molecular complexity index is 854. The van der Waals surface area contributed by atoms with Gasteiger partial charge in [-0.3, -0.25) is 0 Å². The number of ether oxygens (including phenoxy) is 1. The van der Waals surface area contributed by atoms with Crippen molar-refractivity contribution in [1.29, 1.82) is 0 Å². The fourth-order valence-electron chi connectivity index (χ4n) is 2.37. The van der Waals surface area contributed by atoms with Crippen LogP contribution in [0.2, 0.25) is 0 Å². The first-order valence-electron chi connectivity index (χ1n) is 7.10. The second-order valence-corrected chi connectivity index (χ2v) is 5.16. The maximum atomic E-state index is 13.2. The number of rotatable bonds is 3. The first-order chi connectivity index (χ1) is 11.1. The van der Waals surface area contributed by atoms with Crippen molar-refractivity contribution in [2.24, 2.45) is 0 Å². The Labute approximate surface area is 133 Å². The van der Waals surface area contributed by atoms with Crippen LogP contribution in [0.25, 0.3) is 16.9 Å². The predicted octanol–water partition coefficient (Wildman–Crippen LogP) is 3.77. The van der Waals surface area contributed by atoms with Gasteiger partial charge in [0.1, 0.15) is 5.82 Å². The molecule has 2 aromatic carbocycles. The van der Waals surface area contributed by atoms with E-state index in [1.807, 2.05) is 31.2 Å². The van der Waals surface area contributed by atoms with E-state index in [1.54, 1.807) is 22.9 Å². The lowest BCUT2D eigenvalue weighted by Crippen LogP contribution is -2.04. The number of carbonyl (C=O) groups excluding carboxylic acids is 1. The molecule has 0 aliphatic carbocycles. The molecule has 0 aliphatic heterocycles. The highest BCUT2D eigenvalue weighted by Crippen LogP contribution is 2.25. The van der Waals surface area contributed by atoms with E-state index in [2.05, 4.69) is 5.10 Å². The molecule has 0 atom stereocenters. The van der Waals surface area contributed by atoms with Crippen LogP contribution in [0, 0.1) is 12.7 Å². The van der Waals surface area contributed by atoms with Gasteiger partial charge in [0.05, 0.1) is 18.5 Å². The van der Waals surface area contributed by atoms with Gasteiger partial charge >= 0.3 is 5.97 Å². The van der Waals surface area contributed by atoms with Crippen LogP contribution in [0.1, 0.15) is 16.1 Å². The highest BCUT2D eigenvalue weighted by atomic mass is 19.1. The monoisotopic (exact) mass is 310 g/mol. The molecule has 5 heteroatoms. The number of aromatic nitrogens is 2. The molecular formula is C18H15FN2O2. The number of esters is 1. The van der Waals surface area contributed by atoms with Crippen LogP contribution in [0.4, 0.5) is 4.39 Å². The minimum Gasteiger partial charge on any atom is -0.464 e. The van der Waals surface area contributed by atoms with Crippen LogP contribution in [-0.2, 0) is 4.74 Å². The molecule has 23 heavy (non-hydrogen) atoms. The molecular weight excluding hydrogens is 295 g/mol. The summed E-state index contributed by atoms with van der Waals surface area (Å²) in [6.07, 6.45) is 0. The van der Waals surface area contributed by atoms with Crippen LogP contribution in [0.3, 0.4) is 0 Å². The van der Waals surface area contributed by atoms with Crippen molar-refractivity contribution in [3.8, 4) is 16.9 Å². The zero-order valence-corrected chi connectivity index (χ0v) is 12.8. The van der Waals surface area contributed by atoms with E-state index in [0.29, 0.717) is 5.69 Å². The summed E-state index contributed by atoms with van der Waals surface area (Å²) in [6.45, 7) is 1.98. The quantitative estimate of drug-likeness (QED) is 0.692.